The van der Waals surface area contributed by atoms with Crippen LogP contribution in [0.5, 0.6) is 0 Å². The van der Waals surface area contributed by atoms with E-state index in [1.807, 2.05) is 42.5 Å². The Balaban J connectivity index is 1.75. The fraction of sp³-hybridized carbons (Fsp3) is 0.200. The fourth-order valence-electron chi connectivity index (χ4n) is 2.29. The minimum Gasteiger partial charge on any atom is -0.389 e. The summed E-state index contributed by atoms with van der Waals surface area (Å²) in [6.07, 6.45) is 2.71. The normalized spacial score (nSPS) is 10.8. The highest BCUT2D eigenvalue weighted by molar-refractivity contribution is 5.97. The number of carbonyl (C=O) groups is 1. The minimum absolute atomic E-state index is 0.0207. The molecule has 0 aliphatic carbocycles. The molecule has 0 aliphatic heterocycles. The van der Waals surface area contributed by atoms with Crippen molar-refractivity contribution in [1.82, 2.24) is 10.6 Å². The van der Waals surface area contributed by atoms with Crippen molar-refractivity contribution in [3.63, 3.8) is 0 Å². The standard InChI is InChI=1S/C20H20FN3O/c21-19-8-4-7-17(13-19)9-11-23-15-18(14-22)20(25)24-12-10-16-5-2-1-3-6-16/h1-8,13,15,23H,9-12H2,(H,24,25)/b18-15-. The number of nitrogens with zero attached hydrogens (tertiary/aromatic N) is 1. The van der Waals surface area contributed by atoms with E-state index in [9.17, 15) is 9.18 Å². The second-order valence-electron chi connectivity index (χ2n) is 5.50. The van der Waals surface area contributed by atoms with Gasteiger partial charge in [-0.15, -0.1) is 0 Å². The average molecular weight is 337 g/mol. The number of nitriles is 1. The van der Waals surface area contributed by atoms with Crippen molar-refractivity contribution in [3.05, 3.63) is 83.3 Å². The Morgan fingerprint density at radius 3 is 2.48 bits per heavy atom. The maximum Gasteiger partial charge on any atom is 0.263 e. The van der Waals surface area contributed by atoms with Crippen LogP contribution in [0, 0.1) is 17.1 Å². The number of benzene rings is 2. The van der Waals surface area contributed by atoms with E-state index in [2.05, 4.69) is 10.6 Å². The molecule has 0 atom stereocenters. The molecule has 0 fully saturated rings. The second-order valence-corrected chi connectivity index (χ2v) is 5.50. The van der Waals surface area contributed by atoms with Crippen molar-refractivity contribution in [2.45, 2.75) is 12.8 Å². The molecule has 0 aliphatic rings. The smallest absolute Gasteiger partial charge is 0.263 e. The van der Waals surface area contributed by atoms with Crippen LogP contribution in [0.1, 0.15) is 11.1 Å². The summed E-state index contributed by atoms with van der Waals surface area (Å²) in [5.74, 6) is -0.680. The van der Waals surface area contributed by atoms with Crippen LogP contribution in [0.15, 0.2) is 66.4 Å². The number of hydrogen-bond donors (Lipinski definition) is 2. The van der Waals surface area contributed by atoms with Gasteiger partial charge in [0.05, 0.1) is 0 Å². The van der Waals surface area contributed by atoms with Gasteiger partial charge in [-0.3, -0.25) is 4.79 Å². The van der Waals surface area contributed by atoms with Gasteiger partial charge >= 0.3 is 0 Å². The zero-order valence-electron chi connectivity index (χ0n) is 13.8. The molecule has 0 saturated carbocycles. The van der Waals surface area contributed by atoms with Crippen LogP contribution in [0.3, 0.4) is 0 Å². The van der Waals surface area contributed by atoms with Gasteiger partial charge in [-0.1, -0.05) is 42.5 Å². The van der Waals surface area contributed by atoms with Gasteiger partial charge in [0.2, 0.25) is 0 Å². The summed E-state index contributed by atoms with van der Waals surface area (Å²) >= 11 is 0. The lowest BCUT2D eigenvalue weighted by molar-refractivity contribution is -0.117. The first-order valence-electron chi connectivity index (χ1n) is 8.09. The lowest BCUT2D eigenvalue weighted by Crippen LogP contribution is -2.27. The van der Waals surface area contributed by atoms with Gasteiger partial charge in [-0.2, -0.15) is 5.26 Å². The van der Waals surface area contributed by atoms with Crippen molar-refractivity contribution >= 4 is 5.91 Å². The Hall–Kier alpha value is -3.13. The van der Waals surface area contributed by atoms with Gasteiger partial charge in [0.25, 0.3) is 5.91 Å². The number of hydrogen-bond acceptors (Lipinski definition) is 3. The Morgan fingerprint density at radius 1 is 1.04 bits per heavy atom. The van der Waals surface area contributed by atoms with Crippen molar-refractivity contribution < 1.29 is 9.18 Å². The van der Waals surface area contributed by atoms with E-state index in [1.165, 1.54) is 18.3 Å². The van der Waals surface area contributed by atoms with Crippen molar-refractivity contribution in [2.24, 2.45) is 0 Å². The predicted octanol–water partition coefficient (Wildman–Crippen LogP) is 2.72. The molecule has 0 heterocycles. The van der Waals surface area contributed by atoms with Gasteiger partial charge in [0.1, 0.15) is 17.5 Å². The highest BCUT2D eigenvalue weighted by Crippen LogP contribution is 2.03. The first kappa shape index (κ1) is 18.2. The number of halogens is 1. The van der Waals surface area contributed by atoms with Crippen molar-refractivity contribution in [1.29, 1.82) is 5.26 Å². The topological polar surface area (TPSA) is 64.9 Å². The van der Waals surface area contributed by atoms with Gasteiger partial charge in [0.15, 0.2) is 0 Å². The zero-order chi connectivity index (χ0) is 17.9. The third-order valence-corrected chi connectivity index (χ3v) is 3.60. The molecule has 1 amide bonds. The number of carbonyl (C=O) groups excluding carboxylic acids is 1. The van der Waals surface area contributed by atoms with E-state index in [-0.39, 0.29) is 11.4 Å². The van der Waals surface area contributed by atoms with E-state index in [1.54, 1.807) is 6.07 Å². The Morgan fingerprint density at radius 2 is 1.76 bits per heavy atom. The Bertz CT molecular complexity index is 766. The molecular weight excluding hydrogens is 317 g/mol. The van der Waals surface area contributed by atoms with E-state index in [0.29, 0.717) is 25.9 Å². The molecule has 0 unspecified atom stereocenters. The predicted molar refractivity (Wildman–Crippen MR) is 95.0 cm³/mol. The summed E-state index contributed by atoms with van der Waals surface area (Å²) in [7, 11) is 0. The lowest BCUT2D eigenvalue weighted by atomic mass is 10.1. The molecule has 0 bridgehead atoms. The number of rotatable bonds is 8. The molecule has 0 radical (unpaired) electrons. The molecule has 5 heteroatoms. The first-order valence-corrected chi connectivity index (χ1v) is 8.09. The molecule has 0 aromatic heterocycles. The largest absolute Gasteiger partial charge is 0.389 e. The van der Waals surface area contributed by atoms with Gasteiger partial charge < -0.3 is 10.6 Å². The molecule has 4 nitrogen and oxygen atoms in total. The SMILES string of the molecule is N#C/C(=C/NCCc1cccc(F)c1)C(=O)NCCc1ccccc1. The Labute approximate surface area is 147 Å². The molecule has 0 spiro atoms. The maximum atomic E-state index is 13.1. The number of nitrogens with one attached hydrogen (secondary N) is 2. The molecule has 2 aromatic carbocycles. The van der Waals surface area contributed by atoms with E-state index >= 15 is 0 Å². The minimum atomic E-state index is -0.406. The first-order chi connectivity index (χ1) is 12.2. The van der Waals surface area contributed by atoms with Gasteiger partial charge in [-0.05, 0) is 36.1 Å². The van der Waals surface area contributed by atoms with Crippen LogP contribution in [0.2, 0.25) is 0 Å². The molecule has 2 rings (SSSR count). The summed E-state index contributed by atoms with van der Waals surface area (Å²) in [6.45, 7) is 0.969. The summed E-state index contributed by atoms with van der Waals surface area (Å²) in [5.41, 5.74) is 2.00. The van der Waals surface area contributed by atoms with Crippen LogP contribution >= 0.6 is 0 Å². The summed E-state index contributed by atoms with van der Waals surface area (Å²) in [6, 6.07) is 18.0. The lowest BCUT2D eigenvalue weighted by Gasteiger charge is -2.06. The van der Waals surface area contributed by atoms with Crippen LogP contribution in [-0.2, 0) is 17.6 Å². The molecule has 2 aromatic rings. The van der Waals surface area contributed by atoms with E-state index in [4.69, 9.17) is 5.26 Å². The van der Waals surface area contributed by atoms with Crippen LogP contribution < -0.4 is 10.6 Å². The molecule has 2 N–H and O–H groups in total. The number of amides is 1. The second kappa shape index (κ2) is 9.89. The highest BCUT2D eigenvalue weighted by atomic mass is 19.1. The summed E-state index contributed by atoms with van der Waals surface area (Å²) < 4.78 is 13.1. The third-order valence-electron chi connectivity index (χ3n) is 3.60. The fourth-order valence-corrected chi connectivity index (χ4v) is 2.29. The summed E-state index contributed by atoms with van der Waals surface area (Å²) in [5, 5.41) is 14.8. The van der Waals surface area contributed by atoms with Gasteiger partial charge in [-0.25, -0.2) is 4.39 Å². The van der Waals surface area contributed by atoms with E-state index in [0.717, 1.165) is 11.1 Å². The van der Waals surface area contributed by atoms with Gasteiger partial charge in [0, 0.05) is 19.3 Å². The zero-order valence-corrected chi connectivity index (χ0v) is 13.8. The van der Waals surface area contributed by atoms with Crippen molar-refractivity contribution in [3.8, 4) is 6.07 Å². The molecular formula is C20H20FN3O. The van der Waals surface area contributed by atoms with Crippen LogP contribution in [-0.4, -0.2) is 19.0 Å². The maximum absolute atomic E-state index is 13.1. The highest BCUT2D eigenvalue weighted by Gasteiger charge is 2.07. The molecule has 25 heavy (non-hydrogen) atoms. The molecule has 0 saturated heterocycles. The van der Waals surface area contributed by atoms with Crippen LogP contribution in [0.25, 0.3) is 0 Å². The average Bonchev–Trinajstić information content (AvgIpc) is 2.62. The summed E-state index contributed by atoms with van der Waals surface area (Å²) in [4.78, 5) is 12.0. The van der Waals surface area contributed by atoms with E-state index < -0.39 is 5.91 Å². The monoisotopic (exact) mass is 337 g/mol. The molecule has 128 valence electrons. The third kappa shape index (κ3) is 6.48. The quantitative estimate of drug-likeness (QED) is 0.442. The van der Waals surface area contributed by atoms with Crippen LogP contribution in [0.4, 0.5) is 4.39 Å². The van der Waals surface area contributed by atoms with Crippen molar-refractivity contribution in [2.75, 3.05) is 13.1 Å². The Kier molecular flexibility index (Phi) is 7.20.